The number of amides is 1. The Bertz CT molecular complexity index is 1220. The van der Waals surface area contributed by atoms with Crippen molar-refractivity contribution in [2.45, 2.75) is 30.7 Å². The molecule has 38 heavy (non-hydrogen) atoms. The van der Waals surface area contributed by atoms with Crippen LogP contribution in [0.3, 0.4) is 0 Å². The van der Waals surface area contributed by atoms with Gasteiger partial charge in [-0.15, -0.1) is 0 Å². The Morgan fingerprint density at radius 1 is 1.00 bits per heavy atom. The summed E-state index contributed by atoms with van der Waals surface area (Å²) in [5.74, 6) is 3.17. The first-order chi connectivity index (χ1) is 18.5. The highest BCUT2D eigenvalue weighted by atomic mass is 32.2. The number of morpholine rings is 1. The fourth-order valence-corrected chi connectivity index (χ4v) is 5.02. The third-order valence-electron chi connectivity index (χ3n) is 6.55. The number of hydrogen-bond donors (Lipinski definition) is 0. The lowest BCUT2D eigenvalue weighted by atomic mass is 10.1. The monoisotopic (exact) mass is 536 g/mol. The maximum Gasteiger partial charge on any atom is 0.254 e. The molecule has 2 heterocycles. The van der Waals surface area contributed by atoms with E-state index >= 15 is 0 Å². The lowest BCUT2D eigenvalue weighted by molar-refractivity contribution is 0.0303. The van der Waals surface area contributed by atoms with Gasteiger partial charge in [0.15, 0.2) is 16.7 Å². The summed E-state index contributed by atoms with van der Waals surface area (Å²) in [5.41, 5.74) is 4.02. The molecule has 0 radical (unpaired) electrons. The topological polar surface area (TPSA) is 77.0 Å². The first kappa shape index (κ1) is 27.7. The van der Waals surface area contributed by atoms with Crippen LogP contribution in [0.25, 0.3) is 0 Å². The van der Waals surface area contributed by atoms with E-state index in [0.717, 1.165) is 58.9 Å². The molecular formula is C29H36N4O4S. The number of anilines is 1. The number of likely N-dealkylation sites (N-methyl/N-ethyl adjacent to an activating group) is 1. The predicted molar refractivity (Wildman–Crippen MR) is 151 cm³/mol. The Hall–Kier alpha value is -3.30. The van der Waals surface area contributed by atoms with Gasteiger partial charge in [0.2, 0.25) is 0 Å². The maximum atomic E-state index is 12.7. The molecule has 2 aromatic carbocycles. The van der Waals surface area contributed by atoms with Crippen molar-refractivity contribution in [3.8, 4) is 11.5 Å². The Labute approximate surface area is 229 Å². The van der Waals surface area contributed by atoms with E-state index in [0.29, 0.717) is 31.9 Å². The van der Waals surface area contributed by atoms with Crippen LogP contribution in [0, 0.1) is 0 Å². The molecule has 4 rings (SSSR count). The molecule has 8 nitrogen and oxygen atoms in total. The second-order valence-electron chi connectivity index (χ2n) is 9.10. The van der Waals surface area contributed by atoms with E-state index in [-0.39, 0.29) is 5.91 Å². The summed E-state index contributed by atoms with van der Waals surface area (Å²) in [6, 6.07) is 15.9. The van der Waals surface area contributed by atoms with E-state index < -0.39 is 0 Å². The van der Waals surface area contributed by atoms with Crippen LogP contribution in [0.2, 0.25) is 0 Å². The normalized spacial score (nSPS) is 13.3. The summed E-state index contributed by atoms with van der Waals surface area (Å²) in [4.78, 5) is 26.3. The van der Waals surface area contributed by atoms with Crippen LogP contribution >= 0.6 is 11.8 Å². The lowest BCUT2D eigenvalue weighted by Gasteiger charge is -2.26. The van der Waals surface area contributed by atoms with Crippen molar-refractivity contribution in [1.82, 2.24) is 14.9 Å². The minimum atomic E-state index is 0.0623. The van der Waals surface area contributed by atoms with E-state index in [1.54, 1.807) is 26.0 Å². The largest absolute Gasteiger partial charge is 0.493 e. The Kier molecular flexibility index (Phi) is 9.84. The van der Waals surface area contributed by atoms with Crippen molar-refractivity contribution in [2.75, 3.05) is 59.0 Å². The number of methoxy groups -OCH3 is 2. The maximum absolute atomic E-state index is 12.7. The molecule has 202 valence electrons. The van der Waals surface area contributed by atoms with Crippen LogP contribution in [0.4, 0.5) is 5.82 Å². The van der Waals surface area contributed by atoms with E-state index in [9.17, 15) is 4.79 Å². The van der Waals surface area contributed by atoms with Gasteiger partial charge in [0, 0.05) is 49.8 Å². The lowest BCUT2D eigenvalue weighted by Crippen LogP contribution is -2.40. The van der Waals surface area contributed by atoms with E-state index in [4.69, 9.17) is 24.2 Å². The van der Waals surface area contributed by atoms with Gasteiger partial charge in [0.05, 0.1) is 27.4 Å². The fourth-order valence-electron chi connectivity index (χ4n) is 4.19. The molecule has 0 unspecified atom stereocenters. The van der Waals surface area contributed by atoms with Gasteiger partial charge in [-0.1, -0.05) is 36.9 Å². The van der Waals surface area contributed by atoms with E-state index in [2.05, 4.69) is 31.0 Å². The number of ether oxygens (including phenoxy) is 3. The van der Waals surface area contributed by atoms with Crippen molar-refractivity contribution in [1.29, 1.82) is 0 Å². The molecule has 0 N–H and O–H groups in total. The minimum absolute atomic E-state index is 0.0623. The molecule has 0 saturated carbocycles. The summed E-state index contributed by atoms with van der Waals surface area (Å²) in [6.45, 7) is 5.40. The summed E-state index contributed by atoms with van der Waals surface area (Å²) in [6.07, 6.45) is 1.69. The van der Waals surface area contributed by atoms with Gasteiger partial charge in [0.25, 0.3) is 5.91 Å². The van der Waals surface area contributed by atoms with Crippen LogP contribution in [-0.4, -0.2) is 74.9 Å². The van der Waals surface area contributed by atoms with Crippen LogP contribution < -0.4 is 14.4 Å². The number of carbonyl (C=O) groups is 1. The number of aryl methyl sites for hydroxylation is 1. The van der Waals surface area contributed by atoms with Crippen LogP contribution in [0.5, 0.6) is 11.5 Å². The van der Waals surface area contributed by atoms with Gasteiger partial charge in [-0.2, -0.15) is 0 Å². The summed E-state index contributed by atoms with van der Waals surface area (Å²) >= 11 is 1.61. The number of rotatable bonds is 11. The van der Waals surface area contributed by atoms with Gasteiger partial charge in [-0.25, -0.2) is 9.97 Å². The molecular weight excluding hydrogens is 500 g/mol. The number of hydrogen-bond acceptors (Lipinski definition) is 8. The SMILES string of the molecule is CCc1cc(N(C)CCc2ccc(OC)c(OC)c2)nc(SCc2ccc(C(=O)N3CCOCC3)cc2)n1. The van der Waals surface area contributed by atoms with Crippen molar-refractivity contribution in [3.05, 3.63) is 70.9 Å². The summed E-state index contributed by atoms with van der Waals surface area (Å²) in [7, 11) is 5.35. The first-order valence-electron chi connectivity index (χ1n) is 12.9. The standard InChI is InChI=1S/C29H36N4O4S/c1-5-24-19-27(32(2)13-12-21-8-11-25(35-3)26(18-21)36-4)31-29(30-24)38-20-22-6-9-23(10-7-22)28(34)33-14-16-37-17-15-33/h6-11,18-19H,5,12-17,20H2,1-4H3. The van der Waals surface area contributed by atoms with Crippen LogP contribution in [-0.2, 0) is 23.3 Å². The first-order valence-corrected chi connectivity index (χ1v) is 13.9. The van der Waals surface area contributed by atoms with Gasteiger partial charge < -0.3 is 24.0 Å². The predicted octanol–water partition coefficient (Wildman–Crippen LogP) is 4.50. The highest BCUT2D eigenvalue weighted by Crippen LogP contribution is 2.28. The Balaban J connectivity index is 1.37. The second-order valence-corrected chi connectivity index (χ2v) is 10.0. The van der Waals surface area contributed by atoms with Gasteiger partial charge in [-0.05, 0) is 48.2 Å². The highest BCUT2D eigenvalue weighted by molar-refractivity contribution is 7.98. The zero-order chi connectivity index (χ0) is 26.9. The molecule has 9 heteroatoms. The smallest absolute Gasteiger partial charge is 0.254 e. The number of benzene rings is 2. The number of carbonyl (C=O) groups excluding carboxylic acids is 1. The van der Waals surface area contributed by atoms with Crippen molar-refractivity contribution in [3.63, 3.8) is 0 Å². The number of thioether (sulfide) groups is 1. The van der Waals surface area contributed by atoms with Crippen molar-refractivity contribution < 1.29 is 19.0 Å². The average molecular weight is 537 g/mol. The quantitative estimate of drug-likeness (QED) is 0.262. The molecule has 0 aliphatic carbocycles. The van der Waals surface area contributed by atoms with Gasteiger partial charge in [0.1, 0.15) is 5.82 Å². The van der Waals surface area contributed by atoms with Crippen LogP contribution in [0.15, 0.2) is 53.7 Å². The van der Waals surface area contributed by atoms with Gasteiger partial charge >= 0.3 is 0 Å². The molecule has 1 aromatic heterocycles. The Morgan fingerprint density at radius 2 is 1.71 bits per heavy atom. The summed E-state index contributed by atoms with van der Waals surface area (Å²) in [5, 5.41) is 0.755. The van der Waals surface area contributed by atoms with Crippen LogP contribution in [0.1, 0.15) is 34.1 Å². The zero-order valence-corrected chi connectivity index (χ0v) is 23.4. The minimum Gasteiger partial charge on any atom is -0.493 e. The van der Waals surface area contributed by atoms with Crippen molar-refractivity contribution in [2.24, 2.45) is 0 Å². The molecule has 0 spiro atoms. The fraction of sp³-hybridized carbons (Fsp3) is 0.414. The summed E-state index contributed by atoms with van der Waals surface area (Å²) < 4.78 is 16.1. The molecule has 1 saturated heterocycles. The number of aromatic nitrogens is 2. The second kappa shape index (κ2) is 13.5. The molecule has 1 aliphatic heterocycles. The third kappa shape index (κ3) is 7.17. The Morgan fingerprint density at radius 3 is 2.39 bits per heavy atom. The van der Waals surface area contributed by atoms with Gasteiger partial charge in [-0.3, -0.25) is 4.79 Å². The zero-order valence-electron chi connectivity index (χ0n) is 22.6. The molecule has 1 aliphatic rings. The van der Waals surface area contributed by atoms with E-state index in [1.165, 1.54) is 5.56 Å². The molecule has 1 fully saturated rings. The van der Waals surface area contributed by atoms with E-state index in [1.807, 2.05) is 41.3 Å². The number of nitrogens with zero attached hydrogens (tertiary/aromatic N) is 4. The highest BCUT2D eigenvalue weighted by Gasteiger charge is 2.18. The molecule has 3 aromatic rings. The molecule has 0 atom stereocenters. The molecule has 1 amide bonds. The average Bonchev–Trinajstić information content (AvgIpc) is 2.98. The molecule has 0 bridgehead atoms. The third-order valence-corrected chi connectivity index (χ3v) is 7.47. The van der Waals surface area contributed by atoms with Crippen molar-refractivity contribution >= 4 is 23.5 Å².